The molecule has 0 bridgehead atoms. The number of aliphatic imine (C=N–C) groups is 1. The molecule has 1 N–H and O–H groups in total. The second-order valence-electron chi connectivity index (χ2n) is 6.46. The molecule has 3 heteroatoms. The van der Waals surface area contributed by atoms with Gasteiger partial charge in [0, 0.05) is 21.8 Å². The number of nitrogens with zero attached hydrogens (tertiary/aromatic N) is 2. The van der Waals surface area contributed by atoms with Crippen LogP contribution in [0.2, 0.25) is 0 Å². The zero-order valence-electron chi connectivity index (χ0n) is 14.6. The van der Waals surface area contributed by atoms with Gasteiger partial charge >= 0.3 is 0 Å². The van der Waals surface area contributed by atoms with Crippen molar-refractivity contribution < 1.29 is 0 Å². The first-order chi connectivity index (χ1) is 13.4. The van der Waals surface area contributed by atoms with Crippen LogP contribution >= 0.6 is 0 Å². The minimum Gasteiger partial charge on any atom is -0.346 e. The summed E-state index contributed by atoms with van der Waals surface area (Å²) in [6.45, 7) is 0. The molecule has 0 atom stereocenters. The third kappa shape index (κ3) is 2.89. The van der Waals surface area contributed by atoms with Crippen molar-refractivity contribution >= 4 is 50.3 Å². The predicted octanol–water partition coefficient (Wildman–Crippen LogP) is 6.31. The number of nitrogens with one attached hydrogen (secondary N) is 1. The van der Waals surface area contributed by atoms with Crippen LogP contribution in [0.5, 0.6) is 0 Å². The third-order valence-corrected chi connectivity index (χ3v) is 4.73. The highest BCUT2D eigenvalue weighted by atomic mass is 15.0. The highest BCUT2D eigenvalue weighted by Gasteiger charge is 2.07. The second-order valence-corrected chi connectivity index (χ2v) is 6.46. The molecule has 3 nitrogen and oxygen atoms in total. The summed E-state index contributed by atoms with van der Waals surface area (Å²) in [6, 6.07) is 30.9. The highest BCUT2D eigenvalue weighted by Crippen LogP contribution is 2.33. The van der Waals surface area contributed by atoms with Gasteiger partial charge in [-0.05, 0) is 35.7 Å². The van der Waals surface area contributed by atoms with Gasteiger partial charge in [0.05, 0.1) is 23.1 Å². The molecule has 1 aliphatic heterocycles. The van der Waals surface area contributed by atoms with Gasteiger partial charge in [0.2, 0.25) is 0 Å². The molecule has 4 aromatic carbocycles. The molecule has 5 aromatic rings. The van der Waals surface area contributed by atoms with Gasteiger partial charge in [-0.25, -0.2) is 9.98 Å². The lowest BCUT2D eigenvalue weighted by Crippen LogP contribution is -1.99. The number of aromatic nitrogens is 1. The van der Waals surface area contributed by atoms with Crippen LogP contribution in [0.25, 0.3) is 32.6 Å². The van der Waals surface area contributed by atoms with Gasteiger partial charge in [-0.1, -0.05) is 60.7 Å². The third-order valence-electron chi connectivity index (χ3n) is 4.73. The van der Waals surface area contributed by atoms with Crippen LogP contribution in [0.3, 0.4) is 0 Å². The van der Waals surface area contributed by atoms with E-state index in [2.05, 4.69) is 51.7 Å². The molecule has 0 spiro atoms. The lowest BCUT2D eigenvalue weighted by molar-refractivity contribution is 1.50. The molecule has 6 rings (SSSR count). The Kier molecular flexibility index (Phi) is 3.76. The van der Waals surface area contributed by atoms with E-state index in [1.54, 1.807) is 6.34 Å². The van der Waals surface area contributed by atoms with Crippen molar-refractivity contribution in [3.63, 3.8) is 0 Å². The van der Waals surface area contributed by atoms with Crippen molar-refractivity contribution in [2.45, 2.75) is 0 Å². The van der Waals surface area contributed by atoms with Crippen LogP contribution in [0.4, 0.5) is 11.4 Å². The maximum atomic E-state index is 4.58. The quantitative estimate of drug-likeness (QED) is 0.333. The van der Waals surface area contributed by atoms with Crippen LogP contribution in [-0.2, 0) is 0 Å². The summed E-state index contributed by atoms with van der Waals surface area (Å²) in [5.74, 6) is 0. The summed E-state index contributed by atoms with van der Waals surface area (Å²) >= 11 is 0. The number of para-hydroxylation sites is 2. The van der Waals surface area contributed by atoms with E-state index in [1.807, 2.05) is 54.6 Å². The van der Waals surface area contributed by atoms with E-state index in [0.717, 1.165) is 22.4 Å². The van der Waals surface area contributed by atoms with E-state index in [4.69, 9.17) is 0 Å². The second kappa shape index (κ2) is 6.54. The fourth-order valence-corrected chi connectivity index (χ4v) is 3.44. The van der Waals surface area contributed by atoms with E-state index in [1.165, 1.54) is 21.5 Å². The first-order valence-corrected chi connectivity index (χ1v) is 8.94. The summed E-state index contributed by atoms with van der Waals surface area (Å²) in [6.07, 6.45) is 1.73. The fraction of sp³-hybridized carbons (Fsp3) is 0. The predicted molar refractivity (Wildman–Crippen MR) is 115 cm³/mol. The molecule has 0 aliphatic carbocycles. The lowest BCUT2D eigenvalue weighted by atomic mass is 10.1. The molecule has 0 saturated carbocycles. The first-order valence-electron chi connectivity index (χ1n) is 8.94. The van der Waals surface area contributed by atoms with E-state index in [9.17, 15) is 0 Å². The van der Waals surface area contributed by atoms with E-state index in [0.29, 0.717) is 0 Å². The van der Waals surface area contributed by atoms with Gasteiger partial charge in [-0.2, -0.15) is 0 Å². The maximum absolute atomic E-state index is 4.58. The number of benzene rings is 4. The Balaban J connectivity index is 0.000000119. The summed E-state index contributed by atoms with van der Waals surface area (Å²) in [4.78, 5) is 8.85. The van der Waals surface area contributed by atoms with Crippen molar-refractivity contribution in [1.29, 1.82) is 0 Å². The summed E-state index contributed by atoms with van der Waals surface area (Å²) in [5.41, 5.74) is 4.31. The van der Waals surface area contributed by atoms with Crippen LogP contribution in [-0.4, -0.2) is 11.3 Å². The molecule has 1 aromatic heterocycles. The number of rotatable bonds is 0. The Bertz CT molecular complexity index is 1190. The summed E-state index contributed by atoms with van der Waals surface area (Å²) < 4.78 is 0. The number of hydrogen-bond acceptors (Lipinski definition) is 3. The van der Waals surface area contributed by atoms with E-state index >= 15 is 0 Å². The normalized spacial score (nSPS) is 11.9. The molecule has 0 radical (unpaired) electrons. The van der Waals surface area contributed by atoms with Gasteiger partial charge in [0.1, 0.15) is 0 Å². The fourth-order valence-electron chi connectivity index (χ4n) is 3.44. The Morgan fingerprint density at radius 1 is 0.593 bits per heavy atom. The molecule has 0 unspecified atom stereocenters. The Morgan fingerprint density at radius 2 is 1.22 bits per heavy atom. The van der Waals surface area contributed by atoms with Gasteiger partial charge in [0.15, 0.2) is 0 Å². The molecule has 27 heavy (non-hydrogen) atoms. The smallest absolute Gasteiger partial charge is 0.0930 e. The molecule has 0 saturated heterocycles. The standard InChI is InChI=1S/C13H9N.C11H8N2/c1-3-7-12-10(5-1)9-11-6-2-4-8-13(11)14-12;1-3-8-4-2-6-10-11(8)9(5-1)12-7-13-10/h1-9H;1-7H,(H,12,13). The van der Waals surface area contributed by atoms with Gasteiger partial charge in [-0.15, -0.1) is 0 Å². The number of anilines is 1. The SMILES string of the molecule is C1=Nc2cccc3cccc(c23)N1.c1ccc2nc3ccccc3cc2c1. The zero-order chi connectivity index (χ0) is 18.1. The van der Waals surface area contributed by atoms with Crippen molar-refractivity contribution in [2.24, 2.45) is 4.99 Å². The first kappa shape index (κ1) is 15.5. The Hall–Kier alpha value is -3.72. The van der Waals surface area contributed by atoms with Crippen LogP contribution < -0.4 is 5.32 Å². The average Bonchev–Trinajstić information content (AvgIpc) is 2.73. The topological polar surface area (TPSA) is 37.3 Å². The van der Waals surface area contributed by atoms with Gasteiger partial charge < -0.3 is 5.32 Å². The molecular formula is C24H17N3. The lowest BCUT2D eigenvalue weighted by Gasteiger charge is -2.12. The van der Waals surface area contributed by atoms with Crippen LogP contribution in [0.15, 0.2) is 96.0 Å². The molecule has 128 valence electrons. The largest absolute Gasteiger partial charge is 0.346 e. The zero-order valence-corrected chi connectivity index (χ0v) is 14.6. The van der Waals surface area contributed by atoms with E-state index < -0.39 is 0 Å². The van der Waals surface area contributed by atoms with Crippen molar-refractivity contribution in [3.05, 3.63) is 91.0 Å². The molecular weight excluding hydrogens is 330 g/mol. The summed E-state index contributed by atoms with van der Waals surface area (Å²) in [5, 5.41) is 7.99. The Morgan fingerprint density at radius 3 is 1.96 bits per heavy atom. The van der Waals surface area contributed by atoms with E-state index in [-0.39, 0.29) is 0 Å². The number of pyridine rings is 1. The number of fused-ring (bicyclic) bond motifs is 2. The molecule has 0 fully saturated rings. The van der Waals surface area contributed by atoms with Crippen molar-refractivity contribution in [1.82, 2.24) is 4.98 Å². The molecule has 0 amide bonds. The highest BCUT2D eigenvalue weighted by molar-refractivity contribution is 6.08. The van der Waals surface area contributed by atoms with Gasteiger partial charge in [0.25, 0.3) is 0 Å². The minimum atomic E-state index is 1.05. The number of hydrogen-bond donors (Lipinski definition) is 1. The van der Waals surface area contributed by atoms with Crippen LogP contribution in [0.1, 0.15) is 0 Å². The monoisotopic (exact) mass is 347 g/mol. The molecule has 2 heterocycles. The van der Waals surface area contributed by atoms with Crippen molar-refractivity contribution in [3.8, 4) is 0 Å². The maximum Gasteiger partial charge on any atom is 0.0930 e. The van der Waals surface area contributed by atoms with Crippen molar-refractivity contribution in [2.75, 3.05) is 5.32 Å². The minimum absolute atomic E-state index is 1.05. The molecule has 1 aliphatic rings. The average molecular weight is 347 g/mol. The Labute approximate surface area is 157 Å². The van der Waals surface area contributed by atoms with Crippen LogP contribution in [0, 0.1) is 0 Å². The summed E-state index contributed by atoms with van der Waals surface area (Å²) in [7, 11) is 0. The van der Waals surface area contributed by atoms with Gasteiger partial charge in [-0.3, -0.25) is 0 Å².